The van der Waals surface area contributed by atoms with E-state index in [9.17, 15) is 0 Å². The summed E-state index contributed by atoms with van der Waals surface area (Å²) in [5.74, 6) is 1.51. The maximum Gasteiger partial charge on any atom is 0.231 e. The second kappa shape index (κ2) is 5.44. The highest BCUT2D eigenvalue weighted by atomic mass is 16.7. The first-order valence-electron chi connectivity index (χ1n) is 6.01. The fourth-order valence-corrected chi connectivity index (χ4v) is 1.78. The van der Waals surface area contributed by atoms with Crippen molar-refractivity contribution in [3.63, 3.8) is 0 Å². The van der Waals surface area contributed by atoms with Crippen molar-refractivity contribution in [3.05, 3.63) is 59.7 Å². The van der Waals surface area contributed by atoms with E-state index in [4.69, 9.17) is 14.3 Å². The lowest BCUT2D eigenvalue weighted by Gasteiger charge is -1.99. The molecule has 0 fully saturated rings. The summed E-state index contributed by atoms with van der Waals surface area (Å²) in [6.45, 7) is 0.738. The van der Waals surface area contributed by atoms with E-state index in [0.717, 1.165) is 22.6 Å². The quantitative estimate of drug-likeness (QED) is 0.623. The molecule has 0 saturated carbocycles. The average Bonchev–Trinajstić information content (AvgIpc) is 2.92. The van der Waals surface area contributed by atoms with Gasteiger partial charge in [-0.05, 0) is 23.8 Å². The molecule has 0 unspecified atom stereocenters. The molecular formula is C15H13NO3. The van der Waals surface area contributed by atoms with Crippen LogP contribution in [0.3, 0.4) is 0 Å². The molecule has 4 heteroatoms. The molecule has 1 heterocycles. The van der Waals surface area contributed by atoms with E-state index in [1.165, 1.54) is 0 Å². The topological polar surface area (TPSA) is 40.0 Å². The molecule has 4 nitrogen and oxygen atoms in total. The van der Waals surface area contributed by atoms with Crippen LogP contribution in [0.15, 0.2) is 53.7 Å². The van der Waals surface area contributed by atoms with Crippen LogP contribution in [0.4, 0.5) is 0 Å². The second-order valence-corrected chi connectivity index (χ2v) is 4.11. The molecule has 0 N–H and O–H groups in total. The van der Waals surface area contributed by atoms with Crippen LogP contribution in [-0.2, 0) is 11.4 Å². The third kappa shape index (κ3) is 2.85. The van der Waals surface area contributed by atoms with E-state index in [-0.39, 0.29) is 6.79 Å². The van der Waals surface area contributed by atoms with Gasteiger partial charge in [-0.15, -0.1) is 0 Å². The van der Waals surface area contributed by atoms with Gasteiger partial charge in [0.25, 0.3) is 0 Å². The first kappa shape index (κ1) is 11.6. The van der Waals surface area contributed by atoms with E-state index < -0.39 is 0 Å². The summed E-state index contributed by atoms with van der Waals surface area (Å²) < 4.78 is 10.5. The molecule has 3 rings (SSSR count). The molecule has 0 amide bonds. The van der Waals surface area contributed by atoms with Gasteiger partial charge in [0.1, 0.15) is 6.61 Å². The minimum absolute atomic E-state index is 0.278. The van der Waals surface area contributed by atoms with E-state index in [1.807, 2.05) is 48.5 Å². The number of nitrogens with zero attached hydrogens (tertiary/aromatic N) is 1. The van der Waals surface area contributed by atoms with Crippen molar-refractivity contribution >= 4 is 6.21 Å². The molecule has 0 saturated heterocycles. The third-order valence-corrected chi connectivity index (χ3v) is 2.75. The highest BCUT2D eigenvalue weighted by Gasteiger charge is 2.12. The Balaban J connectivity index is 1.58. The zero-order valence-corrected chi connectivity index (χ0v) is 10.3. The Morgan fingerprint density at radius 1 is 1.05 bits per heavy atom. The molecule has 0 spiro atoms. The van der Waals surface area contributed by atoms with Gasteiger partial charge >= 0.3 is 0 Å². The summed E-state index contributed by atoms with van der Waals surface area (Å²) in [4.78, 5) is 5.24. The van der Waals surface area contributed by atoms with Crippen LogP contribution in [0.1, 0.15) is 11.1 Å². The van der Waals surface area contributed by atoms with Gasteiger partial charge in [0.05, 0.1) is 6.21 Å². The van der Waals surface area contributed by atoms with Gasteiger partial charge in [0.2, 0.25) is 6.79 Å². The zero-order chi connectivity index (χ0) is 12.9. The molecule has 1 aliphatic rings. The van der Waals surface area contributed by atoms with Crippen LogP contribution >= 0.6 is 0 Å². The van der Waals surface area contributed by atoms with Gasteiger partial charge in [-0.3, -0.25) is 0 Å². The number of rotatable bonds is 4. The van der Waals surface area contributed by atoms with E-state index >= 15 is 0 Å². The van der Waals surface area contributed by atoms with Crippen LogP contribution in [-0.4, -0.2) is 13.0 Å². The van der Waals surface area contributed by atoms with Crippen molar-refractivity contribution in [1.29, 1.82) is 0 Å². The Labute approximate surface area is 111 Å². The first-order chi connectivity index (χ1) is 9.42. The Morgan fingerprint density at radius 3 is 2.79 bits per heavy atom. The van der Waals surface area contributed by atoms with E-state index in [0.29, 0.717) is 6.61 Å². The van der Waals surface area contributed by atoms with E-state index in [2.05, 4.69) is 5.16 Å². The first-order valence-corrected chi connectivity index (χ1v) is 6.01. The highest BCUT2D eigenvalue weighted by Crippen LogP contribution is 2.31. The smallest absolute Gasteiger partial charge is 0.231 e. The molecule has 96 valence electrons. The largest absolute Gasteiger partial charge is 0.454 e. The van der Waals surface area contributed by atoms with Crippen LogP contribution < -0.4 is 9.47 Å². The molecule has 0 radical (unpaired) electrons. The van der Waals surface area contributed by atoms with Gasteiger partial charge in [-0.2, -0.15) is 0 Å². The lowest BCUT2D eigenvalue weighted by molar-refractivity contribution is 0.132. The number of fused-ring (bicyclic) bond motifs is 1. The third-order valence-electron chi connectivity index (χ3n) is 2.75. The summed E-state index contributed by atoms with van der Waals surface area (Å²) in [6.07, 6.45) is 1.66. The molecule has 0 bridgehead atoms. The number of benzene rings is 2. The summed E-state index contributed by atoms with van der Waals surface area (Å²) >= 11 is 0. The SMILES string of the molecule is C(=N\OCc1ccccc1)/c1ccc2c(c1)OCO2. The second-order valence-electron chi connectivity index (χ2n) is 4.11. The van der Waals surface area contributed by atoms with E-state index in [1.54, 1.807) is 6.21 Å². The van der Waals surface area contributed by atoms with Crippen molar-refractivity contribution < 1.29 is 14.3 Å². The van der Waals surface area contributed by atoms with Gasteiger partial charge in [-0.25, -0.2) is 0 Å². The van der Waals surface area contributed by atoms with Crippen LogP contribution in [0.2, 0.25) is 0 Å². The number of hydrogen-bond acceptors (Lipinski definition) is 4. The minimum Gasteiger partial charge on any atom is -0.454 e. The number of hydrogen-bond donors (Lipinski definition) is 0. The maximum absolute atomic E-state index is 5.29. The Morgan fingerprint density at radius 2 is 1.89 bits per heavy atom. The monoisotopic (exact) mass is 255 g/mol. The summed E-state index contributed by atoms with van der Waals surface area (Å²) in [5, 5.41) is 3.94. The molecule has 1 aliphatic heterocycles. The molecule has 0 atom stereocenters. The van der Waals surface area contributed by atoms with Crippen LogP contribution in [0.5, 0.6) is 11.5 Å². The average molecular weight is 255 g/mol. The van der Waals surface area contributed by atoms with Gasteiger partial charge in [-0.1, -0.05) is 35.5 Å². The van der Waals surface area contributed by atoms with Gasteiger partial charge in [0.15, 0.2) is 11.5 Å². The minimum atomic E-state index is 0.278. The highest BCUT2D eigenvalue weighted by molar-refractivity contribution is 5.80. The molecule has 19 heavy (non-hydrogen) atoms. The molecule has 2 aromatic rings. The Bertz CT molecular complexity index is 581. The molecular weight excluding hydrogens is 242 g/mol. The van der Waals surface area contributed by atoms with Gasteiger partial charge < -0.3 is 14.3 Å². The molecule has 0 aromatic heterocycles. The summed E-state index contributed by atoms with van der Waals surface area (Å²) in [5.41, 5.74) is 2.00. The standard InChI is InChI=1S/C15H13NO3/c1-2-4-12(5-3-1)10-19-16-9-13-6-7-14-15(8-13)18-11-17-14/h1-9H,10-11H2/b16-9+. The Kier molecular flexibility index (Phi) is 3.32. The predicted octanol–water partition coefficient (Wildman–Crippen LogP) is 2.97. The lowest BCUT2D eigenvalue weighted by atomic mass is 10.2. The maximum atomic E-state index is 5.29. The Hall–Kier alpha value is -2.49. The normalized spacial score (nSPS) is 12.8. The molecule has 0 aliphatic carbocycles. The fourth-order valence-electron chi connectivity index (χ4n) is 1.78. The summed E-state index contributed by atoms with van der Waals surface area (Å²) in [7, 11) is 0. The van der Waals surface area contributed by atoms with Crippen molar-refractivity contribution in [1.82, 2.24) is 0 Å². The zero-order valence-electron chi connectivity index (χ0n) is 10.3. The van der Waals surface area contributed by atoms with Crippen molar-refractivity contribution in [2.75, 3.05) is 6.79 Å². The van der Waals surface area contributed by atoms with Crippen molar-refractivity contribution in [3.8, 4) is 11.5 Å². The van der Waals surface area contributed by atoms with Crippen LogP contribution in [0.25, 0.3) is 0 Å². The van der Waals surface area contributed by atoms with Gasteiger partial charge in [0, 0.05) is 5.56 Å². The van der Waals surface area contributed by atoms with Crippen molar-refractivity contribution in [2.45, 2.75) is 6.61 Å². The summed E-state index contributed by atoms with van der Waals surface area (Å²) in [6, 6.07) is 15.5. The lowest BCUT2D eigenvalue weighted by Crippen LogP contribution is -1.92. The molecule has 2 aromatic carbocycles. The fraction of sp³-hybridized carbons (Fsp3) is 0.133. The number of ether oxygens (including phenoxy) is 2. The number of oxime groups is 1. The predicted molar refractivity (Wildman–Crippen MR) is 71.4 cm³/mol. The van der Waals surface area contributed by atoms with Crippen molar-refractivity contribution in [2.24, 2.45) is 5.16 Å². The van der Waals surface area contributed by atoms with Crippen LogP contribution in [0, 0.1) is 0 Å².